The predicted molar refractivity (Wildman–Crippen MR) is 58.9 cm³/mol. The standard InChI is InChI=1S/C12H16O2/c1-11(8-5-9-13)6-3-4-7-12(2)10-14/h3-9,14H,10H2,1-2H3/b4-3+,8-5+,11-6+,12-7+. The van der Waals surface area contributed by atoms with Gasteiger partial charge in [0.25, 0.3) is 0 Å². The molecule has 0 aliphatic rings. The third-order valence-corrected chi connectivity index (χ3v) is 1.54. The van der Waals surface area contributed by atoms with E-state index in [2.05, 4.69) is 0 Å². The molecule has 0 aromatic rings. The normalized spacial score (nSPS) is 14.2. The first-order valence-electron chi connectivity index (χ1n) is 4.44. The van der Waals surface area contributed by atoms with E-state index in [1.807, 2.05) is 38.2 Å². The van der Waals surface area contributed by atoms with E-state index in [4.69, 9.17) is 5.11 Å². The lowest BCUT2D eigenvalue weighted by molar-refractivity contribution is -0.104. The van der Waals surface area contributed by atoms with Crippen molar-refractivity contribution >= 4 is 6.29 Å². The number of carbonyl (C=O) groups excluding carboxylic acids is 1. The summed E-state index contributed by atoms with van der Waals surface area (Å²) in [7, 11) is 0. The van der Waals surface area contributed by atoms with Gasteiger partial charge < -0.3 is 5.11 Å². The third kappa shape index (κ3) is 7.25. The SMILES string of the molecule is CC(/C=C/C=O)=C\C=C\C=C(/C)CO. The number of aliphatic hydroxyl groups excluding tert-OH is 1. The average Bonchev–Trinajstić information content (AvgIpc) is 2.21. The van der Waals surface area contributed by atoms with Gasteiger partial charge in [-0.05, 0) is 25.5 Å². The number of hydrogen-bond donors (Lipinski definition) is 1. The molecule has 0 bridgehead atoms. The molecule has 0 saturated carbocycles. The van der Waals surface area contributed by atoms with Crippen LogP contribution >= 0.6 is 0 Å². The molecule has 0 saturated heterocycles. The Morgan fingerprint density at radius 1 is 1.14 bits per heavy atom. The number of rotatable bonds is 5. The monoisotopic (exact) mass is 192 g/mol. The van der Waals surface area contributed by atoms with E-state index in [-0.39, 0.29) is 6.61 Å². The van der Waals surface area contributed by atoms with Crippen molar-refractivity contribution in [3.63, 3.8) is 0 Å². The van der Waals surface area contributed by atoms with Crippen molar-refractivity contribution in [3.05, 3.63) is 47.6 Å². The average molecular weight is 192 g/mol. The minimum atomic E-state index is 0.0814. The van der Waals surface area contributed by atoms with Gasteiger partial charge in [0.2, 0.25) is 0 Å². The van der Waals surface area contributed by atoms with Crippen LogP contribution in [0.15, 0.2) is 47.6 Å². The maximum absolute atomic E-state index is 10.00. The third-order valence-electron chi connectivity index (χ3n) is 1.54. The highest BCUT2D eigenvalue weighted by atomic mass is 16.3. The zero-order valence-electron chi connectivity index (χ0n) is 8.60. The van der Waals surface area contributed by atoms with Gasteiger partial charge in [-0.2, -0.15) is 0 Å². The Bertz CT molecular complexity index is 281. The quantitative estimate of drug-likeness (QED) is 0.412. The van der Waals surface area contributed by atoms with Gasteiger partial charge in [-0.1, -0.05) is 36.0 Å². The van der Waals surface area contributed by atoms with E-state index in [0.29, 0.717) is 0 Å². The van der Waals surface area contributed by atoms with Gasteiger partial charge in [0.05, 0.1) is 6.61 Å². The minimum Gasteiger partial charge on any atom is -0.392 e. The van der Waals surface area contributed by atoms with Crippen molar-refractivity contribution in [1.82, 2.24) is 0 Å². The van der Waals surface area contributed by atoms with Crippen LogP contribution in [0.1, 0.15) is 13.8 Å². The van der Waals surface area contributed by atoms with Crippen LogP contribution in [-0.4, -0.2) is 18.0 Å². The summed E-state index contributed by atoms with van der Waals surface area (Å²) in [6.45, 7) is 3.85. The van der Waals surface area contributed by atoms with E-state index in [0.717, 1.165) is 17.4 Å². The molecule has 0 aliphatic carbocycles. The first kappa shape index (κ1) is 12.6. The van der Waals surface area contributed by atoms with Crippen LogP contribution in [0.4, 0.5) is 0 Å². The van der Waals surface area contributed by atoms with Crippen LogP contribution in [0.25, 0.3) is 0 Å². The molecular formula is C12H16O2. The van der Waals surface area contributed by atoms with Crippen LogP contribution in [0, 0.1) is 0 Å². The molecular weight excluding hydrogens is 176 g/mol. The van der Waals surface area contributed by atoms with Gasteiger partial charge >= 0.3 is 0 Å². The second-order valence-corrected chi connectivity index (χ2v) is 2.96. The Balaban J connectivity index is 4.14. The summed E-state index contributed by atoms with van der Waals surface area (Å²) in [4.78, 5) is 10.00. The Morgan fingerprint density at radius 2 is 1.79 bits per heavy atom. The second kappa shape index (κ2) is 8.20. The summed E-state index contributed by atoms with van der Waals surface area (Å²) in [5.74, 6) is 0. The number of carbonyl (C=O) groups is 1. The second-order valence-electron chi connectivity index (χ2n) is 2.96. The lowest BCUT2D eigenvalue weighted by Crippen LogP contribution is -1.80. The summed E-state index contributed by atoms with van der Waals surface area (Å²) in [6, 6.07) is 0. The van der Waals surface area contributed by atoms with E-state index >= 15 is 0 Å². The van der Waals surface area contributed by atoms with Crippen molar-refractivity contribution < 1.29 is 9.90 Å². The number of aliphatic hydroxyl groups is 1. The molecule has 0 atom stereocenters. The molecule has 2 nitrogen and oxygen atoms in total. The first-order valence-corrected chi connectivity index (χ1v) is 4.44. The van der Waals surface area contributed by atoms with Gasteiger partial charge in [-0.3, -0.25) is 4.79 Å². The van der Waals surface area contributed by atoms with E-state index in [9.17, 15) is 4.79 Å². The van der Waals surface area contributed by atoms with Gasteiger partial charge in [0, 0.05) is 0 Å². The van der Waals surface area contributed by atoms with Gasteiger partial charge in [-0.25, -0.2) is 0 Å². The maximum Gasteiger partial charge on any atom is 0.142 e. The van der Waals surface area contributed by atoms with Crippen LogP contribution in [0.2, 0.25) is 0 Å². The molecule has 0 aliphatic heterocycles. The van der Waals surface area contributed by atoms with Gasteiger partial charge in [0.15, 0.2) is 0 Å². The zero-order valence-corrected chi connectivity index (χ0v) is 8.60. The Morgan fingerprint density at radius 3 is 2.36 bits per heavy atom. The van der Waals surface area contributed by atoms with E-state index in [1.54, 1.807) is 6.08 Å². The molecule has 2 heteroatoms. The Labute approximate surface area is 85.0 Å². The van der Waals surface area contributed by atoms with Crippen molar-refractivity contribution in [2.24, 2.45) is 0 Å². The molecule has 76 valence electrons. The maximum atomic E-state index is 10.00. The molecule has 0 aromatic carbocycles. The largest absolute Gasteiger partial charge is 0.392 e. The smallest absolute Gasteiger partial charge is 0.142 e. The van der Waals surface area contributed by atoms with Crippen LogP contribution in [-0.2, 0) is 4.79 Å². The molecule has 0 unspecified atom stereocenters. The van der Waals surface area contributed by atoms with Crippen molar-refractivity contribution in [2.75, 3.05) is 6.61 Å². The summed E-state index contributed by atoms with van der Waals surface area (Å²) in [5, 5.41) is 8.69. The summed E-state index contributed by atoms with van der Waals surface area (Å²) in [6.07, 6.45) is 11.4. The molecule has 0 rings (SSSR count). The molecule has 1 N–H and O–H groups in total. The number of aldehydes is 1. The van der Waals surface area contributed by atoms with Crippen molar-refractivity contribution in [1.29, 1.82) is 0 Å². The highest BCUT2D eigenvalue weighted by molar-refractivity contribution is 5.65. The predicted octanol–water partition coefficient (Wildman–Crippen LogP) is 2.18. The topological polar surface area (TPSA) is 37.3 Å². The molecule has 0 radical (unpaired) electrons. The van der Waals surface area contributed by atoms with Crippen LogP contribution in [0.3, 0.4) is 0 Å². The minimum absolute atomic E-state index is 0.0814. The van der Waals surface area contributed by atoms with E-state index < -0.39 is 0 Å². The summed E-state index contributed by atoms with van der Waals surface area (Å²) >= 11 is 0. The van der Waals surface area contributed by atoms with Gasteiger partial charge in [-0.15, -0.1) is 0 Å². The zero-order chi connectivity index (χ0) is 10.8. The fraction of sp³-hybridized carbons (Fsp3) is 0.250. The Kier molecular flexibility index (Phi) is 7.37. The highest BCUT2D eigenvalue weighted by Gasteiger charge is 1.79. The summed E-state index contributed by atoms with van der Waals surface area (Å²) < 4.78 is 0. The molecule has 0 aromatic heterocycles. The number of allylic oxidation sites excluding steroid dienone is 7. The van der Waals surface area contributed by atoms with Crippen LogP contribution in [0.5, 0.6) is 0 Å². The Hall–Kier alpha value is -1.41. The lowest BCUT2D eigenvalue weighted by atomic mass is 10.2. The fourth-order valence-corrected chi connectivity index (χ4v) is 0.726. The first-order chi connectivity index (χ1) is 6.70. The van der Waals surface area contributed by atoms with Crippen molar-refractivity contribution in [3.8, 4) is 0 Å². The van der Waals surface area contributed by atoms with Crippen molar-refractivity contribution in [2.45, 2.75) is 13.8 Å². The molecule has 0 fully saturated rings. The van der Waals surface area contributed by atoms with Gasteiger partial charge in [0.1, 0.15) is 6.29 Å². The van der Waals surface area contributed by atoms with E-state index in [1.165, 1.54) is 6.08 Å². The number of hydrogen-bond acceptors (Lipinski definition) is 2. The fourth-order valence-electron chi connectivity index (χ4n) is 0.726. The summed E-state index contributed by atoms with van der Waals surface area (Å²) in [5.41, 5.74) is 1.92. The lowest BCUT2D eigenvalue weighted by Gasteiger charge is -1.88. The molecule has 14 heavy (non-hydrogen) atoms. The highest BCUT2D eigenvalue weighted by Crippen LogP contribution is 1.96. The molecule has 0 amide bonds. The molecule has 0 heterocycles. The molecule has 0 spiro atoms. The van der Waals surface area contributed by atoms with Crippen LogP contribution < -0.4 is 0 Å².